The van der Waals surface area contributed by atoms with Crippen LogP contribution in [-0.2, 0) is 23.7 Å². The predicted molar refractivity (Wildman–Crippen MR) is 151 cm³/mol. The van der Waals surface area contributed by atoms with Gasteiger partial charge in [-0.05, 0) is 74.6 Å². The molecular formula is C34H38F2O7. The Kier molecular flexibility index (Phi) is 7.39. The van der Waals surface area contributed by atoms with Gasteiger partial charge in [-0.2, -0.15) is 0 Å². The van der Waals surface area contributed by atoms with Crippen LogP contribution in [0.2, 0.25) is 0 Å². The quantitative estimate of drug-likeness (QED) is 0.290. The number of halogens is 2. The van der Waals surface area contributed by atoms with Gasteiger partial charge in [-0.25, -0.2) is 18.4 Å². The molecule has 0 bridgehead atoms. The van der Waals surface area contributed by atoms with Crippen LogP contribution in [0.4, 0.5) is 8.78 Å². The minimum absolute atomic E-state index is 0.132. The molecule has 2 heterocycles. The Morgan fingerprint density at radius 3 is 2.19 bits per heavy atom. The summed E-state index contributed by atoms with van der Waals surface area (Å²) in [5.74, 6) is -3.15. The van der Waals surface area contributed by atoms with Crippen LogP contribution in [0.25, 0.3) is 0 Å². The number of hydrogen-bond donors (Lipinski definition) is 0. The number of carbonyl (C=O) groups is 3. The summed E-state index contributed by atoms with van der Waals surface area (Å²) in [5, 5.41) is 0. The summed E-state index contributed by atoms with van der Waals surface area (Å²) in [4.78, 5) is 38.5. The van der Waals surface area contributed by atoms with Crippen molar-refractivity contribution < 1.29 is 42.1 Å². The van der Waals surface area contributed by atoms with Gasteiger partial charge in [0.1, 0.15) is 36.6 Å². The monoisotopic (exact) mass is 596 g/mol. The Labute approximate surface area is 250 Å². The van der Waals surface area contributed by atoms with E-state index in [2.05, 4.69) is 13.8 Å². The molecule has 2 aliphatic carbocycles. The lowest BCUT2D eigenvalue weighted by molar-refractivity contribution is -0.265. The van der Waals surface area contributed by atoms with Crippen molar-refractivity contribution in [3.05, 3.63) is 71.3 Å². The molecule has 2 aliphatic heterocycles. The van der Waals surface area contributed by atoms with Gasteiger partial charge in [0.15, 0.2) is 0 Å². The first kappa shape index (κ1) is 29.7. The van der Waals surface area contributed by atoms with E-state index in [1.165, 1.54) is 36.4 Å². The topological polar surface area (TPSA) is 88.1 Å². The zero-order chi connectivity index (χ0) is 30.6. The molecule has 4 aliphatic rings. The third-order valence-electron chi connectivity index (χ3n) is 11.1. The van der Waals surface area contributed by atoms with Crippen molar-refractivity contribution in [2.75, 3.05) is 13.2 Å². The van der Waals surface area contributed by atoms with E-state index >= 15 is 0 Å². The summed E-state index contributed by atoms with van der Waals surface area (Å²) in [5.41, 5.74) is -2.89. The molecule has 230 valence electrons. The SMILES string of the molecule is C[C@@H]1CCC2[C@](C)(COC(=O)c3ccccc3F)[C@@H](OC(=O)c3ccccc3F)CC[C@]2(C)[C@@]12CCC1(COC(=O)C1)O2. The minimum Gasteiger partial charge on any atom is -0.463 e. The Morgan fingerprint density at radius 2 is 1.56 bits per heavy atom. The Morgan fingerprint density at radius 1 is 0.907 bits per heavy atom. The van der Waals surface area contributed by atoms with Crippen LogP contribution < -0.4 is 0 Å². The van der Waals surface area contributed by atoms with Crippen LogP contribution >= 0.6 is 0 Å². The predicted octanol–water partition coefficient (Wildman–Crippen LogP) is 6.43. The molecule has 7 nitrogen and oxygen atoms in total. The molecule has 6 rings (SSSR count). The molecule has 0 N–H and O–H groups in total. The van der Waals surface area contributed by atoms with Crippen molar-refractivity contribution in [3.8, 4) is 0 Å². The van der Waals surface area contributed by atoms with Crippen LogP contribution in [0.3, 0.4) is 0 Å². The minimum atomic E-state index is -0.900. The maximum Gasteiger partial charge on any atom is 0.341 e. The molecule has 2 aromatic rings. The van der Waals surface area contributed by atoms with Crippen molar-refractivity contribution >= 4 is 17.9 Å². The van der Waals surface area contributed by atoms with Gasteiger partial charge in [0.25, 0.3) is 0 Å². The highest BCUT2D eigenvalue weighted by molar-refractivity contribution is 5.90. The third kappa shape index (κ3) is 4.75. The summed E-state index contributed by atoms with van der Waals surface area (Å²) >= 11 is 0. The van der Waals surface area contributed by atoms with Crippen molar-refractivity contribution in [2.24, 2.45) is 22.7 Å². The fourth-order valence-electron chi connectivity index (χ4n) is 8.84. The fourth-order valence-corrected chi connectivity index (χ4v) is 8.84. The number of cyclic esters (lactones) is 1. The smallest absolute Gasteiger partial charge is 0.341 e. The van der Waals surface area contributed by atoms with Crippen LogP contribution in [0.1, 0.15) is 86.4 Å². The first-order chi connectivity index (χ1) is 20.4. The van der Waals surface area contributed by atoms with Gasteiger partial charge in [0.05, 0.1) is 23.1 Å². The standard InChI is InChI=1S/C34H38F2O7/c1-21-12-13-26-31(2,19-41-29(38)22-8-4-6-10-24(22)35)27(42-30(39)23-9-5-7-11-25(23)36)14-15-32(26,3)34(21)17-16-33(43-34)18-28(37)40-20-33/h4-11,21,26-27H,12-20H2,1-3H3/t21-,26?,27+,31+,32+,33?,34-/m1/s1. The van der Waals surface area contributed by atoms with Gasteiger partial charge in [0, 0.05) is 10.8 Å². The molecule has 43 heavy (non-hydrogen) atoms. The van der Waals surface area contributed by atoms with Crippen molar-refractivity contribution in [3.63, 3.8) is 0 Å². The summed E-state index contributed by atoms with van der Waals surface area (Å²) in [6.45, 7) is 6.45. The van der Waals surface area contributed by atoms with E-state index < -0.39 is 51.7 Å². The Balaban J connectivity index is 1.35. The number of carbonyl (C=O) groups excluding carboxylic acids is 3. The fraction of sp³-hybridized carbons (Fsp3) is 0.559. The second kappa shape index (κ2) is 10.7. The Hall–Kier alpha value is -3.33. The van der Waals surface area contributed by atoms with E-state index in [1.807, 2.05) is 6.92 Å². The lowest BCUT2D eigenvalue weighted by Crippen LogP contribution is -2.67. The normalized spacial score (nSPS) is 36.8. The van der Waals surface area contributed by atoms with Crippen LogP contribution in [0.5, 0.6) is 0 Å². The summed E-state index contributed by atoms with van der Waals surface area (Å²) in [6.07, 6.45) is 3.63. The number of benzene rings is 2. The molecule has 0 radical (unpaired) electrons. The highest BCUT2D eigenvalue weighted by atomic mass is 19.1. The largest absolute Gasteiger partial charge is 0.463 e. The van der Waals surface area contributed by atoms with Crippen LogP contribution in [0.15, 0.2) is 48.5 Å². The average molecular weight is 597 g/mol. The number of fused-ring (bicyclic) bond motifs is 2. The number of rotatable bonds is 5. The number of ether oxygens (including phenoxy) is 4. The zero-order valence-electron chi connectivity index (χ0n) is 24.8. The molecule has 2 spiro atoms. The molecule has 2 saturated carbocycles. The lowest BCUT2D eigenvalue weighted by Gasteiger charge is -2.65. The maximum atomic E-state index is 14.6. The zero-order valence-corrected chi connectivity index (χ0v) is 24.8. The summed E-state index contributed by atoms with van der Waals surface area (Å²) in [7, 11) is 0. The van der Waals surface area contributed by atoms with E-state index in [4.69, 9.17) is 18.9 Å². The molecular weight excluding hydrogens is 558 g/mol. The van der Waals surface area contributed by atoms with Gasteiger partial charge in [0.2, 0.25) is 0 Å². The van der Waals surface area contributed by atoms with Crippen molar-refractivity contribution in [2.45, 2.75) is 83.0 Å². The van der Waals surface area contributed by atoms with E-state index in [1.54, 1.807) is 12.1 Å². The van der Waals surface area contributed by atoms with Crippen LogP contribution in [-0.4, -0.2) is 48.4 Å². The van der Waals surface area contributed by atoms with E-state index in [0.29, 0.717) is 19.3 Å². The van der Waals surface area contributed by atoms with Crippen LogP contribution in [0, 0.1) is 34.3 Å². The van der Waals surface area contributed by atoms with Gasteiger partial charge in [-0.15, -0.1) is 0 Å². The van der Waals surface area contributed by atoms with E-state index in [9.17, 15) is 23.2 Å². The highest BCUT2D eigenvalue weighted by Gasteiger charge is 2.70. The third-order valence-corrected chi connectivity index (χ3v) is 11.1. The lowest BCUT2D eigenvalue weighted by atomic mass is 9.43. The average Bonchev–Trinajstić information content (AvgIpc) is 3.55. The first-order valence-electron chi connectivity index (χ1n) is 15.2. The number of hydrogen-bond acceptors (Lipinski definition) is 7. The molecule has 9 heteroatoms. The van der Waals surface area contributed by atoms with Crippen molar-refractivity contribution in [1.29, 1.82) is 0 Å². The second-order valence-electron chi connectivity index (χ2n) is 13.4. The highest BCUT2D eigenvalue weighted by Crippen LogP contribution is 2.68. The number of esters is 3. The molecule has 2 aromatic carbocycles. The van der Waals surface area contributed by atoms with Gasteiger partial charge in [-0.3, -0.25) is 4.79 Å². The van der Waals surface area contributed by atoms with E-state index in [-0.39, 0.29) is 48.6 Å². The van der Waals surface area contributed by atoms with Gasteiger partial charge < -0.3 is 18.9 Å². The Bertz CT molecular complexity index is 1450. The molecule has 7 atom stereocenters. The summed E-state index contributed by atoms with van der Waals surface area (Å²) < 4.78 is 53.3. The molecule has 2 unspecified atom stereocenters. The molecule has 4 fully saturated rings. The van der Waals surface area contributed by atoms with Gasteiger partial charge in [-0.1, -0.05) is 45.0 Å². The molecule has 2 saturated heterocycles. The van der Waals surface area contributed by atoms with Crippen molar-refractivity contribution in [1.82, 2.24) is 0 Å². The van der Waals surface area contributed by atoms with E-state index in [0.717, 1.165) is 19.3 Å². The molecule has 0 amide bonds. The second-order valence-corrected chi connectivity index (χ2v) is 13.4. The summed E-state index contributed by atoms with van der Waals surface area (Å²) in [6, 6.07) is 11.3. The van der Waals surface area contributed by atoms with Gasteiger partial charge >= 0.3 is 17.9 Å². The first-order valence-corrected chi connectivity index (χ1v) is 15.2. The molecule has 0 aromatic heterocycles. The maximum absolute atomic E-state index is 14.6.